The number of nitrogens with zero attached hydrogens (tertiary/aromatic N) is 2. The first kappa shape index (κ1) is 20.0. The molecule has 0 saturated carbocycles. The van der Waals surface area contributed by atoms with Crippen LogP contribution in [0.4, 0.5) is 5.69 Å². The maximum absolute atomic E-state index is 12.4. The van der Waals surface area contributed by atoms with Crippen molar-refractivity contribution in [3.63, 3.8) is 0 Å². The number of benzene rings is 2. The number of ketones is 1. The fraction of sp³-hybridized carbons (Fsp3) is 0.280. The monoisotopic (exact) mass is 402 g/mol. The van der Waals surface area contributed by atoms with E-state index in [-0.39, 0.29) is 17.9 Å². The average Bonchev–Trinajstić information content (AvgIpc) is 3.30. The van der Waals surface area contributed by atoms with Crippen molar-refractivity contribution in [3.05, 3.63) is 84.2 Å². The van der Waals surface area contributed by atoms with E-state index in [1.54, 1.807) is 6.92 Å². The van der Waals surface area contributed by atoms with E-state index in [2.05, 4.69) is 4.90 Å². The van der Waals surface area contributed by atoms with Gasteiger partial charge in [0.2, 0.25) is 0 Å². The van der Waals surface area contributed by atoms with Crippen LogP contribution >= 0.6 is 0 Å². The lowest BCUT2D eigenvalue weighted by Gasteiger charge is -2.33. The number of Topliss-reactive ketones (excluding diaryl/α,β-unsaturated/α-hetero) is 1. The molecule has 3 aromatic rings. The summed E-state index contributed by atoms with van der Waals surface area (Å²) in [6.45, 7) is 3.25. The van der Waals surface area contributed by atoms with Crippen LogP contribution in [0.15, 0.2) is 73.1 Å². The van der Waals surface area contributed by atoms with Crippen molar-refractivity contribution in [1.82, 2.24) is 4.57 Å². The Morgan fingerprint density at radius 1 is 0.900 bits per heavy atom. The summed E-state index contributed by atoms with van der Waals surface area (Å²) >= 11 is 0. The van der Waals surface area contributed by atoms with Gasteiger partial charge in [0.05, 0.1) is 6.42 Å². The van der Waals surface area contributed by atoms with Gasteiger partial charge in [0, 0.05) is 55.3 Å². The summed E-state index contributed by atoms with van der Waals surface area (Å²) in [4.78, 5) is 26.1. The topological polar surface area (TPSA) is 51.5 Å². The highest BCUT2D eigenvalue weighted by Gasteiger charge is 2.22. The fourth-order valence-corrected chi connectivity index (χ4v) is 3.83. The number of anilines is 1. The second kappa shape index (κ2) is 8.99. The Morgan fingerprint density at radius 3 is 2.10 bits per heavy atom. The summed E-state index contributed by atoms with van der Waals surface area (Å²) in [7, 11) is 0. The SMILES string of the molecule is CC(=O)c1ccc(N2CCC(OC(=O)Cc3ccc(-n4cccc4)cc3)CC2)cc1. The van der Waals surface area contributed by atoms with Crippen LogP contribution in [0.3, 0.4) is 0 Å². The van der Waals surface area contributed by atoms with Gasteiger partial charge in [-0.2, -0.15) is 0 Å². The van der Waals surface area contributed by atoms with Gasteiger partial charge in [0.1, 0.15) is 6.10 Å². The zero-order valence-electron chi connectivity index (χ0n) is 17.2. The molecule has 1 aliphatic heterocycles. The Kier molecular flexibility index (Phi) is 5.98. The molecule has 2 aromatic carbocycles. The van der Waals surface area contributed by atoms with Gasteiger partial charge in [0.15, 0.2) is 5.78 Å². The molecular weight excluding hydrogens is 376 g/mol. The van der Waals surface area contributed by atoms with E-state index in [1.165, 1.54) is 0 Å². The molecule has 2 heterocycles. The largest absolute Gasteiger partial charge is 0.462 e. The number of aromatic nitrogens is 1. The molecule has 154 valence electrons. The highest BCUT2D eigenvalue weighted by atomic mass is 16.5. The molecule has 1 saturated heterocycles. The predicted molar refractivity (Wildman–Crippen MR) is 117 cm³/mol. The molecule has 0 radical (unpaired) electrons. The van der Waals surface area contributed by atoms with Crippen molar-refractivity contribution in [2.45, 2.75) is 32.3 Å². The van der Waals surface area contributed by atoms with Gasteiger partial charge in [-0.1, -0.05) is 12.1 Å². The van der Waals surface area contributed by atoms with Crippen LogP contribution in [0.1, 0.15) is 35.7 Å². The lowest BCUT2D eigenvalue weighted by Crippen LogP contribution is -2.38. The Bertz CT molecular complexity index is 984. The number of carbonyl (C=O) groups excluding carboxylic acids is 2. The lowest BCUT2D eigenvalue weighted by atomic mass is 10.1. The van der Waals surface area contributed by atoms with Gasteiger partial charge < -0.3 is 14.2 Å². The Balaban J connectivity index is 1.25. The standard InChI is InChI=1S/C25H26N2O3/c1-19(28)21-6-10-23(11-7-21)27-16-12-24(13-17-27)30-25(29)18-20-4-8-22(9-5-20)26-14-2-3-15-26/h2-11,14-15,24H,12-13,16-18H2,1H3. The number of rotatable bonds is 6. The summed E-state index contributed by atoms with van der Waals surface area (Å²) in [6.07, 6.45) is 5.86. The van der Waals surface area contributed by atoms with Crippen molar-refractivity contribution in [2.75, 3.05) is 18.0 Å². The molecule has 0 amide bonds. The smallest absolute Gasteiger partial charge is 0.310 e. The highest BCUT2D eigenvalue weighted by molar-refractivity contribution is 5.94. The average molecular weight is 402 g/mol. The van der Waals surface area contributed by atoms with Crippen LogP contribution in [0.25, 0.3) is 5.69 Å². The molecule has 5 nitrogen and oxygen atoms in total. The quantitative estimate of drug-likeness (QED) is 0.452. The maximum Gasteiger partial charge on any atom is 0.310 e. The van der Waals surface area contributed by atoms with E-state index < -0.39 is 0 Å². The second-order valence-corrected chi connectivity index (χ2v) is 7.71. The first-order valence-corrected chi connectivity index (χ1v) is 10.4. The third-order valence-corrected chi connectivity index (χ3v) is 5.57. The number of piperidine rings is 1. The molecule has 0 atom stereocenters. The molecule has 30 heavy (non-hydrogen) atoms. The molecule has 0 aliphatic carbocycles. The number of hydrogen-bond donors (Lipinski definition) is 0. The van der Waals surface area contributed by atoms with Crippen molar-refractivity contribution < 1.29 is 14.3 Å². The van der Waals surface area contributed by atoms with E-state index in [4.69, 9.17) is 4.74 Å². The third kappa shape index (κ3) is 4.79. The van der Waals surface area contributed by atoms with E-state index >= 15 is 0 Å². The van der Waals surface area contributed by atoms with Crippen LogP contribution in [0, 0.1) is 0 Å². The van der Waals surface area contributed by atoms with Crippen molar-refractivity contribution in [2.24, 2.45) is 0 Å². The molecule has 4 rings (SSSR count). The van der Waals surface area contributed by atoms with Gasteiger partial charge >= 0.3 is 5.97 Å². The minimum absolute atomic E-state index is 0.0376. The molecule has 0 N–H and O–H groups in total. The summed E-state index contributed by atoms with van der Waals surface area (Å²) in [5.74, 6) is -0.0977. The minimum Gasteiger partial charge on any atom is -0.462 e. The summed E-state index contributed by atoms with van der Waals surface area (Å²) in [5.41, 5.74) is 3.86. The van der Waals surface area contributed by atoms with Gasteiger partial charge in [0.25, 0.3) is 0 Å². The lowest BCUT2D eigenvalue weighted by molar-refractivity contribution is -0.149. The number of hydrogen-bond acceptors (Lipinski definition) is 4. The van der Waals surface area contributed by atoms with Gasteiger partial charge in [-0.3, -0.25) is 9.59 Å². The zero-order valence-corrected chi connectivity index (χ0v) is 17.2. The number of carbonyl (C=O) groups is 2. The van der Waals surface area contributed by atoms with Crippen molar-refractivity contribution in [1.29, 1.82) is 0 Å². The molecule has 0 unspecified atom stereocenters. The Hall–Kier alpha value is -3.34. The highest BCUT2D eigenvalue weighted by Crippen LogP contribution is 2.22. The molecule has 1 fully saturated rings. The normalized spacial score (nSPS) is 14.5. The van der Waals surface area contributed by atoms with Crippen LogP contribution in [-0.2, 0) is 16.0 Å². The van der Waals surface area contributed by atoms with E-state index in [0.29, 0.717) is 6.42 Å². The molecule has 1 aliphatic rings. The van der Waals surface area contributed by atoms with Crippen molar-refractivity contribution in [3.8, 4) is 5.69 Å². The van der Waals surface area contributed by atoms with Gasteiger partial charge in [-0.05, 0) is 61.0 Å². The first-order valence-electron chi connectivity index (χ1n) is 10.4. The molecule has 0 spiro atoms. The molecule has 5 heteroatoms. The van der Waals surface area contributed by atoms with Crippen LogP contribution in [-0.4, -0.2) is 35.5 Å². The molecular formula is C25H26N2O3. The van der Waals surface area contributed by atoms with Crippen LogP contribution in [0.2, 0.25) is 0 Å². The number of esters is 1. The third-order valence-electron chi connectivity index (χ3n) is 5.57. The Labute approximate surface area is 176 Å². The Morgan fingerprint density at radius 2 is 1.50 bits per heavy atom. The fourth-order valence-electron chi connectivity index (χ4n) is 3.83. The summed E-state index contributed by atoms with van der Waals surface area (Å²) in [5, 5.41) is 0. The van der Waals surface area contributed by atoms with Gasteiger partial charge in [-0.15, -0.1) is 0 Å². The van der Waals surface area contributed by atoms with Gasteiger partial charge in [-0.25, -0.2) is 0 Å². The predicted octanol–water partition coefficient (Wildman–Crippen LogP) is 4.43. The maximum atomic E-state index is 12.4. The molecule has 1 aromatic heterocycles. The van der Waals surface area contributed by atoms with Crippen molar-refractivity contribution >= 4 is 17.4 Å². The minimum atomic E-state index is -0.173. The zero-order chi connectivity index (χ0) is 20.9. The van der Waals surface area contributed by atoms with E-state index in [0.717, 1.165) is 48.4 Å². The van der Waals surface area contributed by atoms with Crippen LogP contribution in [0.5, 0.6) is 0 Å². The van der Waals surface area contributed by atoms with E-state index in [9.17, 15) is 9.59 Å². The second-order valence-electron chi connectivity index (χ2n) is 7.71. The summed E-state index contributed by atoms with van der Waals surface area (Å²) < 4.78 is 7.75. The molecule has 0 bridgehead atoms. The number of ether oxygens (including phenoxy) is 1. The van der Waals surface area contributed by atoms with Crippen LogP contribution < -0.4 is 4.90 Å². The summed E-state index contributed by atoms with van der Waals surface area (Å²) in [6, 6.07) is 19.7. The first-order chi connectivity index (χ1) is 14.6. The van der Waals surface area contributed by atoms with E-state index in [1.807, 2.05) is 77.6 Å².